The Balaban J connectivity index is 2.09. The first-order valence-corrected chi connectivity index (χ1v) is 6.67. The molecule has 2 aromatic carbocycles. The lowest BCUT2D eigenvalue weighted by atomic mass is 10.0. The summed E-state index contributed by atoms with van der Waals surface area (Å²) in [5, 5.41) is 13.3. The van der Waals surface area contributed by atoms with Gasteiger partial charge in [0.05, 0.1) is 6.21 Å². The number of hydrazone groups is 1. The van der Waals surface area contributed by atoms with Crippen LogP contribution in [0.5, 0.6) is 5.75 Å². The molecule has 0 bridgehead atoms. The van der Waals surface area contributed by atoms with Gasteiger partial charge in [-0.3, -0.25) is 4.79 Å². The first kappa shape index (κ1) is 14.8. The number of benzene rings is 2. The van der Waals surface area contributed by atoms with Crippen LogP contribution in [0, 0.1) is 20.8 Å². The molecule has 0 heterocycles. The number of nitrogens with one attached hydrogen (secondary N) is 1. The molecule has 0 aromatic heterocycles. The summed E-state index contributed by atoms with van der Waals surface area (Å²) < 4.78 is 0. The summed E-state index contributed by atoms with van der Waals surface area (Å²) in [5.41, 5.74) is 7.30. The molecular weight excluding hydrogens is 264 g/mol. The molecule has 0 saturated carbocycles. The Morgan fingerprint density at radius 1 is 1.10 bits per heavy atom. The average Bonchev–Trinajstić information content (AvgIpc) is 2.44. The van der Waals surface area contributed by atoms with E-state index in [0.717, 1.165) is 11.1 Å². The van der Waals surface area contributed by atoms with Crippen molar-refractivity contribution >= 4 is 12.1 Å². The fourth-order valence-corrected chi connectivity index (χ4v) is 1.99. The maximum atomic E-state index is 11.9. The van der Waals surface area contributed by atoms with Gasteiger partial charge >= 0.3 is 0 Å². The van der Waals surface area contributed by atoms with E-state index in [9.17, 15) is 9.90 Å². The van der Waals surface area contributed by atoms with Crippen LogP contribution in [0.4, 0.5) is 0 Å². The third-order valence-electron chi connectivity index (χ3n) is 3.36. The van der Waals surface area contributed by atoms with Crippen molar-refractivity contribution < 1.29 is 9.90 Å². The second kappa shape index (κ2) is 6.22. The van der Waals surface area contributed by atoms with E-state index in [2.05, 4.69) is 23.5 Å². The zero-order chi connectivity index (χ0) is 15.4. The number of aromatic hydroxyl groups is 1. The number of phenols is 1. The number of nitrogens with zero attached hydrogens (tertiary/aromatic N) is 1. The van der Waals surface area contributed by atoms with Gasteiger partial charge in [-0.25, -0.2) is 5.43 Å². The average molecular weight is 282 g/mol. The number of phenolic OH excluding ortho intramolecular Hbond substituents is 1. The molecule has 0 atom stereocenters. The molecule has 0 fully saturated rings. The lowest BCUT2D eigenvalue weighted by Crippen LogP contribution is -2.17. The summed E-state index contributed by atoms with van der Waals surface area (Å²) >= 11 is 0. The van der Waals surface area contributed by atoms with Crippen LogP contribution in [-0.4, -0.2) is 17.2 Å². The van der Waals surface area contributed by atoms with E-state index in [-0.39, 0.29) is 11.7 Å². The predicted octanol–water partition coefficient (Wildman–Crippen LogP) is 3.08. The third kappa shape index (κ3) is 3.69. The second-order valence-electron chi connectivity index (χ2n) is 5.04. The van der Waals surface area contributed by atoms with Gasteiger partial charge in [0, 0.05) is 5.56 Å². The van der Waals surface area contributed by atoms with Crippen molar-refractivity contribution in [2.45, 2.75) is 20.8 Å². The van der Waals surface area contributed by atoms with Crippen molar-refractivity contribution in [3.63, 3.8) is 0 Å². The van der Waals surface area contributed by atoms with Crippen LogP contribution in [0.3, 0.4) is 0 Å². The molecule has 0 saturated heterocycles. The normalized spacial score (nSPS) is 10.8. The first-order chi connectivity index (χ1) is 9.97. The fraction of sp³-hybridized carbons (Fsp3) is 0.176. The van der Waals surface area contributed by atoms with Gasteiger partial charge in [-0.15, -0.1) is 0 Å². The summed E-state index contributed by atoms with van der Waals surface area (Å²) in [5.74, 6) is -0.305. The molecule has 0 spiro atoms. The highest BCUT2D eigenvalue weighted by Gasteiger charge is 2.04. The molecule has 1 amide bonds. The highest BCUT2D eigenvalue weighted by atomic mass is 16.3. The molecule has 0 aliphatic rings. The van der Waals surface area contributed by atoms with E-state index in [4.69, 9.17) is 0 Å². The van der Waals surface area contributed by atoms with Gasteiger partial charge in [-0.1, -0.05) is 12.1 Å². The van der Waals surface area contributed by atoms with Crippen molar-refractivity contribution in [2.24, 2.45) is 5.10 Å². The predicted molar refractivity (Wildman–Crippen MR) is 83.8 cm³/mol. The summed E-state index contributed by atoms with van der Waals surface area (Å²) in [4.78, 5) is 11.9. The van der Waals surface area contributed by atoms with Crippen molar-refractivity contribution in [1.29, 1.82) is 0 Å². The van der Waals surface area contributed by atoms with Crippen LogP contribution in [0.15, 0.2) is 41.5 Å². The molecule has 0 aliphatic heterocycles. The van der Waals surface area contributed by atoms with Crippen LogP contribution in [0.2, 0.25) is 0 Å². The van der Waals surface area contributed by atoms with E-state index >= 15 is 0 Å². The minimum atomic E-state index is -0.358. The van der Waals surface area contributed by atoms with Crippen LogP contribution < -0.4 is 5.43 Å². The highest BCUT2D eigenvalue weighted by molar-refractivity contribution is 5.95. The van der Waals surface area contributed by atoms with E-state index in [1.54, 1.807) is 18.3 Å². The Morgan fingerprint density at radius 3 is 2.52 bits per heavy atom. The molecule has 2 rings (SSSR count). The molecule has 2 N–H and O–H groups in total. The fourth-order valence-electron chi connectivity index (χ4n) is 1.99. The Bertz CT molecular complexity index is 706. The maximum Gasteiger partial charge on any atom is 0.271 e. The monoisotopic (exact) mass is 282 g/mol. The topological polar surface area (TPSA) is 61.7 Å². The Morgan fingerprint density at radius 2 is 1.81 bits per heavy atom. The molecule has 108 valence electrons. The smallest absolute Gasteiger partial charge is 0.271 e. The van der Waals surface area contributed by atoms with E-state index in [0.29, 0.717) is 5.56 Å². The number of hydrogen-bond donors (Lipinski definition) is 2. The van der Waals surface area contributed by atoms with E-state index in [1.165, 1.54) is 23.3 Å². The number of carbonyl (C=O) groups is 1. The lowest BCUT2D eigenvalue weighted by Gasteiger charge is -2.05. The number of aryl methyl sites for hydroxylation is 3. The van der Waals surface area contributed by atoms with Crippen molar-refractivity contribution in [2.75, 3.05) is 0 Å². The lowest BCUT2D eigenvalue weighted by molar-refractivity contribution is 0.0954. The Kier molecular flexibility index (Phi) is 4.38. The van der Waals surface area contributed by atoms with Crippen molar-refractivity contribution in [3.8, 4) is 5.75 Å². The molecule has 2 aromatic rings. The van der Waals surface area contributed by atoms with E-state index in [1.807, 2.05) is 19.9 Å². The summed E-state index contributed by atoms with van der Waals surface area (Å²) in [7, 11) is 0. The molecule has 0 aliphatic carbocycles. The molecule has 4 heteroatoms. The van der Waals surface area contributed by atoms with Gasteiger partial charge in [-0.05, 0) is 67.3 Å². The van der Waals surface area contributed by atoms with Crippen LogP contribution in [0.25, 0.3) is 0 Å². The van der Waals surface area contributed by atoms with Gasteiger partial charge in [-0.2, -0.15) is 5.10 Å². The SMILES string of the molecule is Cc1cc(C)c(/C=N\NC(=O)c2cccc(O)c2)cc1C. The zero-order valence-corrected chi connectivity index (χ0v) is 12.3. The standard InChI is InChI=1S/C17H18N2O2/c1-11-7-13(3)15(8-12(11)2)10-18-19-17(21)14-5-4-6-16(20)9-14/h4-10,20H,1-3H3,(H,19,21)/b18-10-. The molecule has 0 radical (unpaired) electrons. The third-order valence-corrected chi connectivity index (χ3v) is 3.36. The van der Waals surface area contributed by atoms with Gasteiger partial charge in [0.2, 0.25) is 0 Å². The molecular formula is C17H18N2O2. The number of amides is 1. The highest BCUT2D eigenvalue weighted by Crippen LogP contribution is 2.13. The number of hydrogen-bond acceptors (Lipinski definition) is 3. The van der Waals surface area contributed by atoms with Gasteiger partial charge in [0.15, 0.2) is 0 Å². The number of rotatable bonds is 3. The van der Waals surface area contributed by atoms with Crippen LogP contribution >= 0.6 is 0 Å². The van der Waals surface area contributed by atoms with Gasteiger partial charge < -0.3 is 5.11 Å². The van der Waals surface area contributed by atoms with E-state index < -0.39 is 0 Å². The quantitative estimate of drug-likeness (QED) is 0.671. The molecule has 4 nitrogen and oxygen atoms in total. The Labute approximate surface area is 124 Å². The minimum absolute atomic E-state index is 0.0524. The first-order valence-electron chi connectivity index (χ1n) is 6.67. The summed E-state index contributed by atoms with van der Waals surface area (Å²) in [6, 6.07) is 10.3. The molecule has 0 unspecified atom stereocenters. The summed E-state index contributed by atoms with van der Waals surface area (Å²) in [6.45, 7) is 6.11. The maximum absolute atomic E-state index is 11.9. The zero-order valence-electron chi connectivity index (χ0n) is 12.3. The Hall–Kier alpha value is -2.62. The largest absolute Gasteiger partial charge is 0.508 e. The van der Waals surface area contributed by atoms with Crippen LogP contribution in [-0.2, 0) is 0 Å². The van der Waals surface area contributed by atoms with Gasteiger partial charge in [0.25, 0.3) is 5.91 Å². The molecule has 21 heavy (non-hydrogen) atoms. The second-order valence-corrected chi connectivity index (χ2v) is 5.04. The minimum Gasteiger partial charge on any atom is -0.508 e. The number of carbonyl (C=O) groups excluding carboxylic acids is 1. The van der Waals surface area contributed by atoms with Crippen molar-refractivity contribution in [3.05, 3.63) is 64.2 Å². The summed E-state index contributed by atoms with van der Waals surface area (Å²) in [6.07, 6.45) is 1.63. The van der Waals surface area contributed by atoms with Gasteiger partial charge in [0.1, 0.15) is 5.75 Å². The van der Waals surface area contributed by atoms with Crippen molar-refractivity contribution in [1.82, 2.24) is 5.43 Å². The van der Waals surface area contributed by atoms with Crippen LogP contribution in [0.1, 0.15) is 32.6 Å².